The van der Waals surface area contributed by atoms with Crippen molar-refractivity contribution in [3.05, 3.63) is 28.8 Å². The van der Waals surface area contributed by atoms with Gasteiger partial charge in [0.1, 0.15) is 5.75 Å². The van der Waals surface area contributed by atoms with Crippen molar-refractivity contribution < 1.29 is 9.53 Å². The van der Waals surface area contributed by atoms with Gasteiger partial charge in [0.05, 0.1) is 12.7 Å². The van der Waals surface area contributed by atoms with E-state index in [0.717, 1.165) is 51.6 Å². The van der Waals surface area contributed by atoms with E-state index in [1.54, 1.807) is 25.3 Å². The van der Waals surface area contributed by atoms with Crippen molar-refractivity contribution in [3.8, 4) is 5.75 Å². The molecule has 22 heavy (non-hydrogen) atoms. The van der Waals surface area contributed by atoms with E-state index in [4.69, 9.17) is 16.3 Å². The molecule has 0 aliphatic heterocycles. The molecule has 0 saturated carbocycles. The van der Waals surface area contributed by atoms with Crippen LogP contribution in [-0.2, 0) is 0 Å². The summed E-state index contributed by atoms with van der Waals surface area (Å²) >= 11 is 6.05. The fourth-order valence-electron chi connectivity index (χ4n) is 2.44. The smallest absolute Gasteiger partial charge is 0.257 e. The van der Waals surface area contributed by atoms with Gasteiger partial charge in [-0.1, -0.05) is 51.1 Å². The summed E-state index contributed by atoms with van der Waals surface area (Å²) in [7, 11) is 1.58. The van der Waals surface area contributed by atoms with Crippen LogP contribution in [0.2, 0.25) is 5.02 Å². The molecule has 0 aliphatic rings. The van der Waals surface area contributed by atoms with Crippen LogP contribution in [0.5, 0.6) is 5.75 Å². The maximum atomic E-state index is 12.9. The Morgan fingerprint density at radius 2 is 1.68 bits per heavy atom. The molecule has 0 heterocycles. The first-order chi connectivity index (χ1) is 10.6. The number of unbranched alkanes of at least 4 members (excludes halogenated alkanes) is 4. The number of nitrogens with zero attached hydrogens (tertiary/aromatic N) is 1. The predicted molar refractivity (Wildman–Crippen MR) is 93.0 cm³/mol. The number of hydrogen-bond acceptors (Lipinski definition) is 2. The molecule has 1 aromatic carbocycles. The molecule has 0 unspecified atom stereocenters. The molecule has 0 spiro atoms. The summed E-state index contributed by atoms with van der Waals surface area (Å²) in [6, 6.07) is 5.21. The predicted octanol–water partition coefficient (Wildman–Crippen LogP) is 5.17. The second kappa shape index (κ2) is 10.5. The van der Waals surface area contributed by atoms with Crippen LogP contribution in [0.4, 0.5) is 0 Å². The number of halogens is 1. The van der Waals surface area contributed by atoms with Crippen LogP contribution in [0.1, 0.15) is 62.7 Å². The van der Waals surface area contributed by atoms with Gasteiger partial charge in [-0.05, 0) is 31.0 Å². The number of benzene rings is 1. The Balaban J connectivity index is 2.86. The number of carbonyl (C=O) groups excluding carboxylic acids is 1. The zero-order valence-corrected chi connectivity index (χ0v) is 14.8. The molecule has 0 fully saturated rings. The summed E-state index contributed by atoms with van der Waals surface area (Å²) in [5.74, 6) is 0.608. The van der Waals surface area contributed by atoms with Crippen LogP contribution >= 0.6 is 11.6 Å². The Hall–Kier alpha value is -1.22. The Kier molecular flexibility index (Phi) is 8.98. The zero-order valence-electron chi connectivity index (χ0n) is 14.0. The number of methoxy groups -OCH3 is 1. The van der Waals surface area contributed by atoms with E-state index >= 15 is 0 Å². The quantitative estimate of drug-likeness (QED) is 0.555. The second-order valence-corrected chi connectivity index (χ2v) is 5.99. The monoisotopic (exact) mass is 325 g/mol. The molecule has 0 aliphatic carbocycles. The van der Waals surface area contributed by atoms with E-state index in [0.29, 0.717) is 16.3 Å². The molecule has 0 saturated heterocycles. The number of carbonyl (C=O) groups is 1. The van der Waals surface area contributed by atoms with Gasteiger partial charge in [0.25, 0.3) is 5.91 Å². The summed E-state index contributed by atoms with van der Waals surface area (Å²) in [6.45, 7) is 5.94. The van der Waals surface area contributed by atoms with Gasteiger partial charge in [-0.2, -0.15) is 0 Å². The topological polar surface area (TPSA) is 29.5 Å². The number of hydrogen-bond donors (Lipinski definition) is 0. The molecule has 4 heteroatoms. The van der Waals surface area contributed by atoms with Gasteiger partial charge in [-0.3, -0.25) is 4.79 Å². The fourth-order valence-corrected chi connectivity index (χ4v) is 2.61. The minimum atomic E-state index is 0.0200. The van der Waals surface area contributed by atoms with Crippen molar-refractivity contribution in [3.63, 3.8) is 0 Å². The highest BCUT2D eigenvalue weighted by Gasteiger charge is 2.19. The molecular formula is C18H28ClNO2. The molecule has 0 N–H and O–H groups in total. The Morgan fingerprint density at radius 3 is 2.18 bits per heavy atom. The third-order valence-corrected chi connectivity index (χ3v) is 3.98. The first-order valence-corrected chi connectivity index (χ1v) is 8.64. The second-order valence-electron chi connectivity index (χ2n) is 5.55. The minimum Gasteiger partial charge on any atom is -0.496 e. The summed E-state index contributed by atoms with van der Waals surface area (Å²) in [6.07, 6.45) is 6.66. The molecule has 0 bridgehead atoms. The number of ether oxygens (including phenoxy) is 1. The third-order valence-electron chi connectivity index (χ3n) is 3.74. The lowest BCUT2D eigenvalue weighted by molar-refractivity contribution is 0.0746. The van der Waals surface area contributed by atoms with E-state index in [1.165, 1.54) is 0 Å². The first-order valence-electron chi connectivity index (χ1n) is 8.26. The summed E-state index contributed by atoms with van der Waals surface area (Å²) in [5, 5.41) is 0.561. The van der Waals surface area contributed by atoms with Gasteiger partial charge in [-0.25, -0.2) is 0 Å². The highest BCUT2D eigenvalue weighted by molar-refractivity contribution is 6.31. The van der Waals surface area contributed by atoms with Gasteiger partial charge in [-0.15, -0.1) is 0 Å². The third kappa shape index (κ3) is 5.88. The van der Waals surface area contributed by atoms with Crippen LogP contribution in [-0.4, -0.2) is 31.0 Å². The van der Waals surface area contributed by atoms with E-state index in [-0.39, 0.29) is 5.91 Å². The van der Waals surface area contributed by atoms with Crippen molar-refractivity contribution in [1.82, 2.24) is 4.90 Å². The largest absolute Gasteiger partial charge is 0.496 e. The van der Waals surface area contributed by atoms with Crippen molar-refractivity contribution >= 4 is 17.5 Å². The maximum absolute atomic E-state index is 12.9. The van der Waals surface area contributed by atoms with E-state index in [2.05, 4.69) is 13.8 Å². The first kappa shape index (κ1) is 18.8. The highest BCUT2D eigenvalue weighted by atomic mass is 35.5. The molecule has 3 nitrogen and oxygen atoms in total. The summed E-state index contributed by atoms with van der Waals surface area (Å²) < 4.78 is 5.32. The average Bonchev–Trinajstić information content (AvgIpc) is 2.53. The molecule has 124 valence electrons. The maximum Gasteiger partial charge on any atom is 0.257 e. The van der Waals surface area contributed by atoms with Crippen molar-refractivity contribution in [2.24, 2.45) is 0 Å². The Labute approximate surface area is 139 Å². The number of rotatable bonds is 10. The summed E-state index contributed by atoms with van der Waals surface area (Å²) in [4.78, 5) is 14.8. The lowest BCUT2D eigenvalue weighted by Gasteiger charge is -2.24. The normalized spacial score (nSPS) is 10.5. The molecule has 1 rings (SSSR count). The van der Waals surface area contributed by atoms with Crippen LogP contribution in [0, 0.1) is 0 Å². The van der Waals surface area contributed by atoms with Crippen molar-refractivity contribution in [1.29, 1.82) is 0 Å². The van der Waals surface area contributed by atoms with Crippen molar-refractivity contribution in [2.45, 2.75) is 52.4 Å². The standard InChI is InChI=1S/C18H28ClNO2/c1-4-6-8-12-20(13-9-7-5-2)18(21)16-14-15(19)10-11-17(16)22-3/h10-11,14H,4-9,12-13H2,1-3H3. The lowest BCUT2D eigenvalue weighted by Crippen LogP contribution is -2.33. The van der Waals surface area contributed by atoms with E-state index in [1.807, 2.05) is 4.90 Å². The van der Waals surface area contributed by atoms with Gasteiger partial charge in [0.2, 0.25) is 0 Å². The van der Waals surface area contributed by atoms with Crippen LogP contribution in [0.15, 0.2) is 18.2 Å². The van der Waals surface area contributed by atoms with E-state index < -0.39 is 0 Å². The molecule has 0 atom stereocenters. The van der Waals surface area contributed by atoms with Gasteiger partial charge >= 0.3 is 0 Å². The molecule has 1 aromatic rings. The van der Waals surface area contributed by atoms with Crippen LogP contribution < -0.4 is 4.74 Å². The molecular weight excluding hydrogens is 298 g/mol. The summed E-state index contributed by atoms with van der Waals surface area (Å²) in [5.41, 5.74) is 0.558. The van der Waals surface area contributed by atoms with E-state index in [9.17, 15) is 4.79 Å². The molecule has 0 aromatic heterocycles. The lowest BCUT2D eigenvalue weighted by atomic mass is 10.1. The average molecular weight is 326 g/mol. The highest BCUT2D eigenvalue weighted by Crippen LogP contribution is 2.24. The van der Waals surface area contributed by atoms with Gasteiger partial charge in [0, 0.05) is 18.1 Å². The number of amides is 1. The molecule has 0 radical (unpaired) electrons. The Morgan fingerprint density at radius 1 is 1.09 bits per heavy atom. The van der Waals surface area contributed by atoms with Gasteiger partial charge < -0.3 is 9.64 Å². The fraction of sp³-hybridized carbons (Fsp3) is 0.611. The Bertz CT molecular complexity index is 452. The van der Waals surface area contributed by atoms with Crippen LogP contribution in [0.3, 0.4) is 0 Å². The minimum absolute atomic E-state index is 0.0200. The SMILES string of the molecule is CCCCCN(CCCCC)C(=O)c1cc(Cl)ccc1OC. The zero-order chi connectivity index (χ0) is 16.4. The van der Waals surface area contributed by atoms with Crippen LogP contribution in [0.25, 0.3) is 0 Å². The van der Waals surface area contributed by atoms with Gasteiger partial charge in [0.15, 0.2) is 0 Å². The van der Waals surface area contributed by atoms with Crippen molar-refractivity contribution in [2.75, 3.05) is 20.2 Å². The molecule has 1 amide bonds.